The minimum absolute atomic E-state index is 0.0270. The number of rotatable bonds is 6. The van der Waals surface area contributed by atoms with Gasteiger partial charge in [0.25, 0.3) is 5.56 Å². The quantitative estimate of drug-likeness (QED) is 0.630. The first-order valence-corrected chi connectivity index (χ1v) is 11.4. The van der Waals surface area contributed by atoms with Crippen molar-refractivity contribution in [1.29, 1.82) is 0 Å². The number of benzene rings is 1. The van der Waals surface area contributed by atoms with E-state index in [9.17, 15) is 4.79 Å². The third kappa shape index (κ3) is 4.33. The smallest absolute Gasteiger partial charge is 0.259 e. The van der Waals surface area contributed by atoms with Crippen LogP contribution < -0.4 is 15.0 Å². The maximum atomic E-state index is 12.6. The summed E-state index contributed by atoms with van der Waals surface area (Å²) in [4.78, 5) is 27.3. The highest BCUT2D eigenvalue weighted by molar-refractivity contribution is 7.18. The zero-order valence-electron chi connectivity index (χ0n) is 18.8. The van der Waals surface area contributed by atoms with Crippen LogP contribution in [0.1, 0.15) is 34.8 Å². The molecule has 1 atom stereocenters. The molecule has 7 nitrogen and oxygen atoms in total. The van der Waals surface area contributed by atoms with Gasteiger partial charge in [-0.25, -0.2) is 4.98 Å². The second kappa shape index (κ2) is 8.98. The van der Waals surface area contributed by atoms with E-state index < -0.39 is 0 Å². The van der Waals surface area contributed by atoms with E-state index in [0.717, 1.165) is 70.7 Å². The van der Waals surface area contributed by atoms with Crippen molar-refractivity contribution in [2.24, 2.45) is 0 Å². The molecule has 1 aromatic carbocycles. The van der Waals surface area contributed by atoms with Gasteiger partial charge in [0.1, 0.15) is 10.7 Å². The van der Waals surface area contributed by atoms with E-state index >= 15 is 0 Å². The SMILES string of the molecule is COc1ccc(CN2CCN([C@@H](C)c3nc4sc(C)c(C)c4c(=O)[nH]3)CC2)cc1OC. The van der Waals surface area contributed by atoms with Crippen molar-refractivity contribution in [3.8, 4) is 11.5 Å². The Kier molecular flexibility index (Phi) is 6.31. The number of thiophene rings is 1. The van der Waals surface area contributed by atoms with E-state index in [1.165, 1.54) is 5.56 Å². The zero-order chi connectivity index (χ0) is 22.1. The van der Waals surface area contributed by atoms with Crippen molar-refractivity contribution in [1.82, 2.24) is 19.8 Å². The number of hydrogen-bond acceptors (Lipinski definition) is 7. The molecule has 8 heteroatoms. The molecule has 1 saturated heterocycles. The summed E-state index contributed by atoms with van der Waals surface area (Å²) in [6, 6.07) is 6.16. The minimum atomic E-state index is -0.0270. The summed E-state index contributed by atoms with van der Waals surface area (Å²) in [5, 5.41) is 0.734. The summed E-state index contributed by atoms with van der Waals surface area (Å²) in [5.74, 6) is 2.27. The summed E-state index contributed by atoms with van der Waals surface area (Å²) in [6.45, 7) is 10.8. The van der Waals surface area contributed by atoms with Crippen molar-refractivity contribution >= 4 is 21.6 Å². The number of aryl methyl sites for hydroxylation is 2. The molecule has 0 amide bonds. The summed E-state index contributed by atoms with van der Waals surface area (Å²) in [7, 11) is 3.31. The molecule has 4 rings (SSSR count). The van der Waals surface area contributed by atoms with Gasteiger partial charge in [0, 0.05) is 37.6 Å². The Balaban J connectivity index is 1.42. The minimum Gasteiger partial charge on any atom is -0.493 e. The fourth-order valence-corrected chi connectivity index (χ4v) is 5.23. The van der Waals surface area contributed by atoms with Crippen LogP contribution in [0.15, 0.2) is 23.0 Å². The van der Waals surface area contributed by atoms with E-state index in [2.05, 4.69) is 27.8 Å². The van der Waals surface area contributed by atoms with Crippen LogP contribution in [0.5, 0.6) is 11.5 Å². The van der Waals surface area contributed by atoms with Crippen LogP contribution in [-0.4, -0.2) is 60.2 Å². The Labute approximate surface area is 186 Å². The Morgan fingerprint density at radius 2 is 1.84 bits per heavy atom. The van der Waals surface area contributed by atoms with Gasteiger partial charge >= 0.3 is 0 Å². The van der Waals surface area contributed by atoms with E-state index in [1.54, 1.807) is 25.6 Å². The Bertz CT molecular complexity index is 1130. The van der Waals surface area contributed by atoms with Gasteiger partial charge in [-0.15, -0.1) is 11.3 Å². The number of H-pyrrole nitrogens is 1. The number of nitrogens with zero attached hydrogens (tertiary/aromatic N) is 3. The topological polar surface area (TPSA) is 70.7 Å². The molecular formula is C23H30N4O3S. The molecule has 3 heterocycles. The first-order valence-electron chi connectivity index (χ1n) is 10.6. The van der Waals surface area contributed by atoms with Gasteiger partial charge in [0.05, 0.1) is 25.6 Å². The number of piperazine rings is 1. The molecule has 1 aliphatic rings. The second-order valence-electron chi connectivity index (χ2n) is 8.09. The predicted molar refractivity (Wildman–Crippen MR) is 125 cm³/mol. The maximum absolute atomic E-state index is 12.6. The molecule has 1 N–H and O–H groups in total. The lowest BCUT2D eigenvalue weighted by Gasteiger charge is -2.37. The Morgan fingerprint density at radius 3 is 2.52 bits per heavy atom. The fourth-order valence-electron chi connectivity index (χ4n) is 4.19. The van der Waals surface area contributed by atoms with Gasteiger partial charge in [-0.2, -0.15) is 0 Å². The molecule has 166 valence electrons. The molecule has 31 heavy (non-hydrogen) atoms. The van der Waals surface area contributed by atoms with Crippen molar-refractivity contribution in [3.63, 3.8) is 0 Å². The number of aromatic nitrogens is 2. The van der Waals surface area contributed by atoms with Crippen LogP contribution in [-0.2, 0) is 6.54 Å². The highest BCUT2D eigenvalue weighted by Gasteiger charge is 2.25. The zero-order valence-corrected chi connectivity index (χ0v) is 19.6. The third-order valence-electron chi connectivity index (χ3n) is 6.26. The number of hydrogen-bond donors (Lipinski definition) is 1. The van der Waals surface area contributed by atoms with Crippen molar-refractivity contribution in [2.75, 3.05) is 40.4 Å². The van der Waals surface area contributed by atoms with Crippen molar-refractivity contribution < 1.29 is 9.47 Å². The van der Waals surface area contributed by atoms with Crippen molar-refractivity contribution in [3.05, 3.63) is 50.4 Å². The monoisotopic (exact) mass is 442 g/mol. The van der Waals surface area contributed by atoms with E-state index in [1.807, 2.05) is 26.0 Å². The highest BCUT2D eigenvalue weighted by atomic mass is 32.1. The molecular weight excluding hydrogens is 412 g/mol. The Morgan fingerprint density at radius 1 is 1.13 bits per heavy atom. The molecule has 0 bridgehead atoms. The predicted octanol–water partition coefficient (Wildman–Crippen LogP) is 3.50. The van der Waals surface area contributed by atoms with E-state index in [4.69, 9.17) is 14.5 Å². The van der Waals surface area contributed by atoms with E-state index in [-0.39, 0.29) is 11.6 Å². The molecule has 3 aromatic rings. The number of nitrogens with one attached hydrogen (secondary N) is 1. The summed E-state index contributed by atoms with van der Waals surface area (Å²) in [6.07, 6.45) is 0. The highest BCUT2D eigenvalue weighted by Crippen LogP contribution is 2.29. The lowest BCUT2D eigenvalue weighted by molar-refractivity contribution is 0.0948. The first kappa shape index (κ1) is 21.8. The van der Waals surface area contributed by atoms with Gasteiger partial charge in [-0.1, -0.05) is 6.07 Å². The number of aromatic amines is 1. The summed E-state index contributed by atoms with van der Waals surface area (Å²) >= 11 is 1.60. The summed E-state index contributed by atoms with van der Waals surface area (Å²) in [5.41, 5.74) is 2.22. The number of ether oxygens (including phenoxy) is 2. The third-order valence-corrected chi connectivity index (χ3v) is 7.36. The average Bonchev–Trinajstić information content (AvgIpc) is 3.07. The van der Waals surface area contributed by atoms with Gasteiger partial charge in [0.2, 0.25) is 0 Å². The Hall–Kier alpha value is -2.42. The van der Waals surface area contributed by atoms with Crippen LogP contribution in [0.25, 0.3) is 10.2 Å². The molecule has 0 unspecified atom stereocenters. The van der Waals surface area contributed by atoms with Crippen molar-refractivity contribution in [2.45, 2.75) is 33.4 Å². The van der Waals surface area contributed by atoms with Gasteiger partial charge in [-0.3, -0.25) is 14.6 Å². The fraction of sp³-hybridized carbons (Fsp3) is 0.478. The van der Waals surface area contributed by atoms with Crippen LogP contribution >= 0.6 is 11.3 Å². The standard InChI is InChI=1S/C23H30N4O3S/c1-14-16(3)31-23-20(14)22(28)24-21(25-23)15(2)27-10-8-26(9-11-27)13-17-6-7-18(29-4)19(12-17)30-5/h6-7,12,15H,8-11,13H2,1-5H3,(H,24,25,28)/t15-/m0/s1. The largest absolute Gasteiger partial charge is 0.493 e. The first-order chi connectivity index (χ1) is 14.9. The van der Waals surface area contributed by atoms with Gasteiger partial charge in [0.15, 0.2) is 11.5 Å². The normalized spacial score (nSPS) is 16.5. The van der Waals surface area contributed by atoms with Crippen LogP contribution in [0.2, 0.25) is 0 Å². The van der Waals surface area contributed by atoms with E-state index in [0.29, 0.717) is 0 Å². The lowest BCUT2D eigenvalue weighted by atomic mass is 10.1. The van der Waals surface area contributed by atoms with Crippen LogP contribution in [0.4, 0.5) is 0 Å². The van der Waals surface area contributed by atoms with Gasteiger partial charge in [-0.05, 0) is 44.0 Å². The molecule has 0 radical (unpaired) electrons. The van der Waals surface area contributed by atoms with Gasteiger partial charge < -0.3 is 14.5 Å². The number of methoxy groups -OCH3 is 2. The molecule has 2 aromatic heterocycles. The summed E-state index contributed by atoms with van der Waals surface area (Å²) < 4.78 is 10.8. The number of fused-ring (bicyclic) bond motifs is 1. The molecule has 0 aliphatic carbocycles. The molecule has 0 spiro atoms. The maximum Gasteiger partial charge on any atom is 0.259 e. The second-order valence-corrected chi connectivity index (χ2v) is 9.30. The van der Waals surface area contributed by atoms with Crippen LogP contribution in [0.3, 0.4) is 0 Å². The average molecular weight is 443 g/mol. The molecule has 1 aliphatic heterocycles. The molecule has 1 fully saturated rings. The van der Waals surface area contributed by atoms with Crippen LogP contribution in [0, 0.1) is 13.8 Å². The molecule has 0 saturated carbocycles. The lowest BCUT2D eigenvalue weighted by Crippen LogP contribution is -2.47.